The third-order valence-corrected chi connectivity index (χ3v) is 4.32. The summed E-state index contributed by atoms with van der Waals surface area (Å²) >= 11 is 2.00. The van der Waals surface area contributed by atoms with Gasteiger partial charge in [-0.05, 0) is 24.3 Å². The normalized spacial score (nSPS) is 19.1. The summed E-state index contributed by atoms with van der Waals surface area (Å²) in [6.07, 6.45) is 6.85. The standard InChI is InChI=1S/C13H15N3OS/c1-17-13-11(3-2-5-15-13)12-14-6-7-16(12)10-4-8-18-9-10/h2-3,5-7,10H,4,8-9H2,1H3. The Morgan fingerprint density at radius 2 is 2.33 bits per heavy atom. The fourth-order valence-electron chi connectivity index (χ4n) is 2.28. The number of hydrogen-bond acceptors (Lipinski definition) is 4. The first-order chi connectivity index (χ1) is 8.90. The van der Waals surface area contributed by atoms with Crippen molar-refractivity contribution < 1.29 is 4.74 Å². The number of aromatic nitrogens is 3. The van der Waals surface area contributed by atoms with Gasteiger partial charge in [-0.3, -0.25) is 0 Å². The topological polar surface area (TPSA) is 39.9 Å². The number of imidazole rings is 1. The van der Waals surface area contributed by atoms with Crippen LogP contribution in [0.3, 0.4) is 0 Å². The molecule has 94 valence electrons. The van der Waals surface area contributed by atoms with Crippen LogP contribution in [-0.4, -0.2) is 33.2 Å². The lowest BCUT2D eigenvalue weighted by Crippen LogP contribution is -2.09. The number of hydrogen-bond donors (Lipinski definition) is 0. The van der Waals surface area contributed by atoms with Gasteiger partial charge in [0, 0.05) is 30.4 Å². The Kier molecular flexibility index (Phi) is 3.23. The Morgan fingerprint density at radius 3 is 3.11 bits per heavy atom. The van der Waals surface area contributed by atoms with E-state index in [9.17, 15) is 0 Å². The number of nitrogens with zero attached hydrogens (tertiary/aromatic N) is 3. The van der Waals surface area contributed by atoms with Crippen LogP contribution in [0, 0.1) is 0 Å². The summed E-state index contributed by atoms with van der Waals surface area (Å²) in [6.45, 7) is 0. The molecule has 5 heteroatoms. The third kappa shape index (κ3) is 1.99. The predicted molar refractivity (Wildman–Crippen MR) is 73.0 cm³/mol. The van der Waals surface area contributed by atoms with Crippen molar-refractivity contribution in [1.82, 2.24) is 14.5 Å². The Bertz CT molecular complexity index is 535. The molecule has 0 saturated carbocycles. The minimum absolute atomic E-state index is 0.539. The van der Waals surface area contributed by atoms with Crippen LogP contribution in [0.1, 0.15) is 12.5 Å². The summed E-state index contributed by atoms with van der Waals surface area (Å²) in [6, 6.07) is 4.46. The summed E-state index contributed by atoms with van der Waals surface area (Å²) in [5.74, 6) is 3.97. The van der Waals surface area contributed by atoms with Gasteiger partial charge in [-0.1, -0.05) is 0 Å². The van der Waals surface area contributed by atoms with E-state index in [0.717, 1.165) is 17.1 Å². The molecule has 2 aromatic rings. The van der Waals surface area contributed by atoms with Crippen LogP contribution in [0.2, 0.25) is 0 Å². The van der Waals surface area contributed by atoms with Crippen LogP contribution < -0.4 is 4.74 Å². The summed E-state index contributed by atoms with van der Waals surface area (Å²) in [4.78, 5) is 8.71. The van der Waals surface area contributed by atoms with Crippen LogP contribution in [0.4, 0.5) is 0 Å². The average molecular weight is 261 g/mol. The van der Waals surface area contributed by atoms with Crippen molar-refractivity contribution in [3.05, 3.63) is 30.7 Å². The first-order valence-electron chi connectivity index (χ1n) is 6.00. The van der Waals surface area contributed by atoms with Gasteiger partial charge in [0.15, 0.2) is 0 Å². The number of rotatable bonds is 3. The molecular weight excluding hydrogens is 246 g/mol. The fourth-order valence-corrected chi connectivity index (χ4v) is 3.49. The summed E-state index contributed by atoms with van der Waals surface area (Å²) in [7, 11) is 1.64. The molecule has 3 rings (SSSR count). The second kappa shape index (κ2) is 5.02. The fraction of sp³-hybridized carbons (Fsp3) is 0.385. The van der Waals surface area contributed by atoms with Crippen LogP contribution in [0.15, 0.2) is 30.7 Å². The Labute approximate surface area is 110 Å². The molecule has 0 bridgehead atoms. The first kappa shape index (κ1) is 11.6. The number of ether oxygens (including phenoxy) is 1. The molecule has 0 amide bonds. The van der Waals surface area contributed by atoms with Crippen molar-refractivity contribution in [3.63, 3.8) is 0 Å². The summed E-state index contributed by atoms with van der Waals surface area (Å²) in [5, 5.41) is 0. The van der Waals surface area contributed by atoms with E-state index in [1.165, 1.54) is 12.2 Å². The zero-order valence-electron chi connectivity index (χ0n) is 10.2. The molecule has 1 aliphatic heterocycles. The van der Waals surface area contributed by atoms with Crippen molar-refractivity contribution in [2.24, 2.45) is 0 Å². The van der Waals surface area contributed by atoms with E-state index >= 15 is 0 Å². The third-order valence-electron chi connectivity index (χ3n) is 3.17. The van der Waals surface area contributed by atoms with Gasteiger partial charge in [-0.25, -0.2) is 9.97 Å². The van der Waals surface area contributed by atoms with E-state index in [1.54, 1.807) is 13.3 Å². The average Bonchev–Trinajstić information content (AvgIpc) is 3.09. The van der Waals surface area contributed by atoms with Gasteiger partial charge >= 0.3 is 0 Å². The number of pyridine rings is 1. The van der Waals surface area contributed by atoms with Gasteiger partial charge in [0.05, 0.1) is 12.7 Å². The van der Waals surface area contributed by atoms with Crippen LogP contribution >= 0.6 is 11.8 Å². The highest BCUT2D eigenvalue weighted by Crippen LogP contribution is 2.33. The van der Waals surface area contributed by atoms with Gasteiger partial charge in [-0.15, -0.1) is 0 Å². The number of methoxy groups -OCH3 is 1. The SMILES string of the molecule is COc1ncccc1-c1nccn1C1CCSC1. The van der Waals surface area contributed by atoms with Gasteiger partial charge in [0.2, 0.25) is 5.88 Å². The van der Waals surface area contributed by atoms with Gasteiger partial charge in [-0.2, -0.15) is 11.8 Å². The Hall–Kier alpha value is -1.49. The molecule has 18 heavy (non-hydrogen) atoms. The largest absolute Gasteiger partial charge is 0.480 e. The van der Waals surface area contributed by atoms with Crippen LogP contribution in [0.5, 0.6) is 5.88 Å². The molecule has 0 aliphatic carbocycles. The monoisotopic (exact) mass is 261 g/mol. The van der Waals surface area contributed by atoms with Crippen molar-refractivity contribution in [1.29, 1.82) is 0 Å². The van der Waals surface area contributed by atoms with E-state index in [2.05, 4.69) is 20.7 Å². The lowest BCUT2D eigenvalue weighted by molar-refractivity contribution is 0.399. The molecular formula is C13H15N3OS. The maximum Gasteiger partial charge on any atom is 0.224 e. The molecule has 2 aromatic heterocycles. The molecule has 0 radical (unpaired) electrons. The highest BCUT2D eigenvalue weighted by atomic mass is 32.2. The van der Waals surface area contributed by atoms with Crippen LogP contribution in [0.25, 0.3) is 11.4 Å². The second-order valence-electron chi connectivity index (χ2n) is 4.24. The smallest absolute Gasteiger partial charge is 0.224 e. The van der Waals surface area contributed by atoms with E-state index in [1.807, 2.05) is 30.1 Å². The molecule has 1 atom stereocenters. The zero-order chi connectivity index (χ0) is 12.4. The van der Waals surface area contributed by atoms with Gasteiger partial charge < -0.3 is 9.30 Å². The molecule has 4 nitrogen and oxygen atoms in total. The first-order valence-corrected chi connectivity index (χ1v) is 7.15. The van der Waals surface area contributed by atoms with Gasteiger partial charge in [0.25, 0.3) is 0 Å². The van der Waals surface area contributed by atoms with E-state index in [-0.39, 0.29) is 0 Å². The predicted octanol–water partition coefficient (Wildman–Crippen LogP) is 2.63. The molecule has 0 spiro atoms. The highest BCUT2D eigenvalue weighted by molar-refractivity contribution is 7.99. The van der Waals surface area contributed by atoms with Crippen molar-refractivity contribution >= 4 is 11.8 Å². The van der Waals surface area contributed by atoms with Crippen molar-refractivity contribution in [2.75, 3.05) is 18.6 Å². The van der Waals surface area contributed by atoms with E-state index in [0.29, 0.717) is 11.9 Å². The summed E-state index contributed by atoms with van der Waals surface area (Å²) < 4.78 is 7.57. The minimum Gasteiger partial charge on any atom is -0.480 e. The van der Waals surface area contributed by atoms with E-state index < -0.39 is 0 Å². The lowest BCUT2D eigenvalue weighted by atomic mass is 10.2. The quantitative estimate of drug-likeness (QED) is 0.851. The van der Waals surface area contributed by atoms with Crippen molar-refractivity contribution in [2.45, 2.75) is 12.5 Å². The lowest BCUT2D eigenvalue weighted by Gasteiger charge is -2.15. The molecule has 1 unspecified atom stereocenters. The second-order valence-corrected chi connectivity index (χ2v) is 5.39. The highest BCUT2D eigenvalue weighted by Gasteiger charge is 2.21. The maximum atomic E-state index is 5.32. The van der Waals surface area contributed by atoms with E-state index in [4.69, 9.17) is 4.74 Å². The van der Waals surface area contributed by atoms with Gasteiger partial charge in [0.1, 0.15) is 5.82 Å². The Balaban J connectivity index is 2.03. The minimum atomic E-state index is 0.539. The van der Waals surface area contributed by atoms with Crippen molar-refractivity contribution in [3.8, 4) is 17.3 Å². The molecule has 0 aromatic carbocycles. The Morgan fingerprint density at radius 1 is 1.39 bits per heavy atom. The molecule has 1 saturated heterocycles. The number of thioether (sulfide) groups is 1. The zero-order valence-corrected chi connectivity index (χ0v) is 11.1. The van der Waals surface area contributed by atoms with Crippen LogP contribution in [-0.2, 0) is 0 Å². The molecule has 1 aliphatic rings. The summed E-state index contributed by atoms with van der Waals surface area (Å²) in [5.41, 5.74) is 0.960. The maximum absolute atomic E-state index is 5.32. The molecule has 1 fully saturated rings. The molecule has 3 heterocycles. The molecule has 0 N–H and O–H groups in total.